The summed E-state index contributed by atoms with van der Waals surface area (Å²) >= 11 is 0. The van der Waals surface area contributed by atoms with Crippen molar-refractivity contribution in [3.05, 3.63) is 29.8 Å². The number of rotatable bonds is 6. The Morgan fingerprint density at radius 3 is 2.56 bits per heavy atom. The molecule has 86 valence electrons. The number of anilines is 1. The lowest BCUT2D eigenvalue weighted by atomic mass is 9.99. The smallest absolute Gasteiger partial charge is 0.0622 e. The van der Waals surface area contributed by atoms with E-state index in [1.54, 1.807) is 0 Å². The summed E-state index contributed by atoms with van der Waals surface area (Å²) < 4.78 is 0. The summed E-state index contributed by atoms with van der Waals surface area (Å²) in [6.07, 6.45) is 2.70. The topological polar surface area (TPSA) is 35.8 Å². The van der Waals surface area contributed by atoms with Gasteiger partial charge >= 0.3 is 0 Å². The number of unbranched alkanes of at least 4 members (excludes halogenated alkanes) is 1. The Balaban J connectivity index is 2.43. The van der Waals surface area contributed by atoms with Crippen LogP contribution in [0.15, 0.2) is 24.3 Å². The third kappa shape index (κ3) is 3.94. The molecular weight excluding hydrogens is 196 g/mol. The Kier molecular flexibility index (Phi) is 5.42. The standard InChI is InChI=1S/C14H20N2/c1-3-12(2)13-6-8-14(9-7-13)16-11-5-4-10-15/h6-9,12,16H,3-5,11H2,1-2H3. The highest BCUT2D eigenvalue weighted by atomic mass is 14.9. The lowest BCUT2D eigenvalue weighted by Crippen LogP contribution is -2.01. The summed E-state index contributed by atoms with van der Waals surface area (Å²) in [4.78, 5) is 0. The van der Waals surface area contributed by atoms with Gasteiger partial charge < -0.3 is 5.32 Å². The molecule has 0 bridgehead atoms. The molecule has 0 spiro atoms. The molecule has 0 aromatic heterocycles. The third-order valence-electron chi connectivity index (χ3n) is 2.89. The van der Waals surface area contributed by atoms with Gasteiger partial charge in [0.25, 0.3) is 0 Å². The quantitative estimate of drug-likeness (QED) is 0.732. The Hall–Kier alpha value is -1.49. The fraction of sp³-hybridized carbons (Fsp3) is 0.500. The van der Waals surface area contributed by atoms with Crippen LogP contribution in [0.25, 0.3) is 0 Å². The molecule has 1 aromatic rings. The number of hydrogen-bond acceptors (Lipinski definition) is 2. The van der Waals surface area contributed by atoms with Gasteiger partial charge in [-0.1, -0.05) is 26.0 Å². The lowest BCUT2D eigenvalue weighted by Gasteiger charge is -2.10. The van der Waals surface area contributed by atoms with Crippen LogP contribution in [-0.4, -0.2) is 6.54 Å². The van der Waals surface area contributed by atoms with Crippen molar-refractivity contribution < 1.29 is 0 Å². The van der Waals surface area contributed by atoms with Gasteiger partial charge in [0.05, 0.1) is 6.07 Å². The molecule has 0 aliphatic carbocycles. The summed E-state index contributed by atoms with van der Waals surface area (Å²) in [5.74, 6) is 0.632. The zero-order valence-electron chi connectivity index (χ0n) is 10.2. The third-order valence-corrected chi connectivity index (χ3v) is 2.89. The summed E-state index contributed by atoms with van der Waals surface area (Å²) in [7, 11) is 0. The van der Waals surface area contributed by atoms with E-state index >= 15 is 0 Å². The normalized spacial score (nSPS) is 11.8. The molecule has 2 heteroatoms. The van der Waals surface area contributed by atoms with Crippen LogP contribution in [0.2, 0.25) is 0 Å². The first kappa shape index (κ1) is 12.6. The Morgan fingerprint density at radius 1 is 1.31 bits per heavy atom. The van der Waals surface area contributed by atoms with E-state index in [0.717, 1.165) is 18.7 Å². The zero-order valence-corrected chi connectivity index (χ0v) is 10.2. The molecule has 1 atom stereocenters. The van der Waals surface area contributed by atoms with Crippen molar-refractivity contribution in [2.24, 2.45) is 0 Å². The average molecular weight is 216 g/mol. The van der Waals surface area contributed by atoms with Gasteiger partial charge in [0, 0.05) is 18.7 Å². The maximum absolute atomic E-state index is 8.41. The molecule has 0 aliphatic rings. The van der Waals surface area contributed by atoms with Gasteiger partial charge in [0.2, 0.25) is 0 Å². The van der Waals surface area contributed by atoms with E-state index in [9.17, 15) is 0 Å². The van der Waals surface area contributed by atoms with Crippen LogP contribution in [0.4, 0.5) is 5.69 Å². The summed E-state index contributed by atoms with van der Waals surface area (Å²) in [6, 6.07) is 10.7. The molecule has 16 heavy (non-hydrogen) atoms. The molecule has 1 N–H and O–H groups in total. The fourth-order valence-electron chi connectivity index (χ4n) is 1.57. The van der Waals surface area contributed by atoms with Gasteiger partial charge in [-0.3, -0.25) is 0 Å². The Morgan fingerprint density at radius 2 is 2.00 bits per heavy atom. The van der Waals surface area contributed by atoms with Crippen molar-refractivity contribution in [2.75, 3.05) is 11.9 Å². The highest BCUT2D eigenvalue weighted by Gasteiger charge is 2.01. The molecule has 0 radical (unpaired) electrons. The van der Waals surface area contributed by atoms with Crippen LogP contribution in [-0.2, 0) is 0 Å². The molecule has 0 amide bonds. The molecule has 1 rings (SSSR count). The molecular formula is C14H20N2. The van der Waals surface area contributed by atoms with Crippen molar-refractivity contribution in [1.82, 2.24) is 0 Å². The zero-order chi connectivity index (χ0) is 11.8. The lowest BCUT2D eigenvalue weighted by molar-refractivity contribution is 0.733. The van der Waals surface area contributed by atoms with Gasteiger partial charge in [-0.05, 0) is 36.5 Å². The first-order valence-electron chi connectivity index (χ1n) is 5.98. The van der Waals surface area contributed by atoms with E-state index in [1.165, 1.54) is 12.0 Å². The minimum atomic E-state index is 0.623. The number of nitrogens with one attached hydrogen (secondary N) is 1. The van der Waals surface area contributed by atoms with Gasteiger partial charge in [-0.25, -0.2) is 0 Å². The average Bonchev–Trinajstić information content (AvgIpc) is 2.34. The van der Waals surface area contributed by atoms with E-state index in [4.69, 9.17) is 5.26 Å². The van der Waals surface area contributed by atoms with Crippen LogP contribution in [0.1, 0.15) is 44.6 Å². The first-order chi connectivity index (χ1) is 7.77. The van der Waals surface area contributed by atoms with E-state index in [0.29, 0.717) is 12.3 Å². The maximum Gasteiger partial charge on any atom is 0.0622 e. The number of hydrogen-bond donors (Lipinski definition) is 1. The minimum Gasteiger partial charge on any atom is -0.385 e. The molecule has 2 nitrogen and oxygen atoms in total. The second kappa shape index (κ2) is 6.90. The SMILES string of the molecule is CCC(C)c1ccc(NCCCC#N)cc1. The first-order valence-corrected chi connectivity index (χ1v) is 5.98. The fourth-order valence-corrected chi connectivity index (χ4v) is 1.57. The van der Waals surface area contributed by atoms with E-state index < -0.39 is 0 Å². The second-order valence-electron chi connectivity index (χ2n) is 4.12. The van der Waals surface area contributed by atoms with Gasteiger partial charge in [-0.15, -0.1) is 0 Å². The highest BCUT2D eigenvalue weighted by Crippen LogP contribution is 2.20. The van der Waals surface area contributed by atoms with Gasteiger partial charge in [0.15, 0.2) is 0 Å². The predicted molar refractivity (Wildman–Crippen MR) is 68.5 cm³/mol. The molecule has 0 fully saturated rings. The van der Waals surface area contributed by atoms with Crippen LogP contribution in [0.3, 0.4) is 0 Å². The predicted octanol–water partition coefficient (Wildman–Crippen LogP) is 3.92. The highest BCUT2D eigenvalue weighted by molar-refractivity contribution is 5.45. The molecule has 1 unspecified atom stereocenters. The van der Waals surface area contributed by atoms with Crippen molar-refractivity contribution in [3.63, 3.8) is 0 Å². The largest absolute Gasteiger partial charge is 0.385 e. The second-order valence-corrected chi connectivity index (χ2v) is 4.12. The Bertz CT molecular complexity index is 335. The van der Waals surface area contributed by atoms with E-state index in [-0.39, 0.29) is 0 Å². The van der Waals surface area contributed by atoms with Gasteiger partial charge in [-0.2, -0.15) is 5.26 Å². The molecule has 0 saturated carbocycles. The minimum absolute atomic E-state index is 0.623. The van der Waals surface area contributed by atoms with Crippen LogP contribution in [0.5, 0.6) is 0 Å². The van der Waals surface area contributed by atoms with Crippen LogP contribution >= 0.6 is 0 Å². The molecule has 0 aliphatic heterocycles. The van der Waals surface area contributed by atoms with Crippen molar-refractivity contribution in [2.45, 2.75) is 39.0 Å². The van der Waals surface area contributed by atoms with E-state index in [2.05, 4.69) is 49.5 Å². The maximum atomic E-state index is 8.41. The van der Waals surface area contributed by atoms with Crippen molar-refractivity contribution in [3.8, 4) is 6.07 Å². The summed E-state index contributed by atoms with van der Waals surface area (Å²) in [5, 5.41) is 11.7. The number of benzene rings is 1. The number of nitriles is 1. The van der Waals surface area contributed by atoms with Gasteiger partial charge in [0.1, 0.15) is 0 Å². The van der Waals surface area contributed by atoms with Crippen molar-refractivity contribution >= 4 is 5.69 Å². The molecule has 1 aromatic carbocycles. The monoisotopic (exact) mass is 216 g/mol. The van der Waals surface area contributed by atoms with Crippen molar-refractivity contribution in [1.29, 1.82) is 5.26 Å². The van der Waals surface area contributed by atoms with Crippen LogP contribution < -0.4 is 5.32 Å². The Labute approximate surface area is 98.3 Å². The molecule has 0 heterocycles. The number of nitrogens with zero attached hydrogens (tertiary/aromatic N) is 1. The molecule has 0 saturated heterocycles. The van der Waals surface area contributed by atoms with Crippen LogP contribution in [0, 0.1) is 11.3 Å². The summed E-state index contributed by atoms with van der Waals surface area (Å²) in [5.41, 5.74) is 2.54. The summed E-state index contributed by atoms with van der Waals surface area (Å²) in [6.45, 7) is 5.32. The van der Waals surface area contributed by atoms with E-state index in [1.807, 2.05) is 0 Å².